The molecular formula is C22H36N2O. The van der Waals surface area contributed by atoms with Crippen molar-refractivity contribution in [3.63, 3.8) is 0 Å². The summed E-state index contributed by atoms with van der Waals surface area (Å²) in [5, 5.41) is 3.05. The van der Waals surface area contributed by atoms with Gasteiger partial charge in [0.15, 0.2) is 0 Å². The Hall–Kier alpha value is -1.35. The van der Waals surface area contributed by atoms with Gasteiger partial charge in [0.2, 0.25) is 5.91 Å². The van der Waals surface area contributed by atoms with E-state index in [2.05, 4.69) is 63.9 Å². The average molecular weight is 345 g/mol. The van der Waals surface area contributed by atoms with Gasteiger partial charge in [-0.15, -0.1) is 0 Å². The number of hydrogen-bond donors (Lipinski definition) is 1. The van der Waals surface area contributed by atoms with Crippen molar-refractivity contribution in [1.29, 1.82) is 0 Å². The van der Waals surface area contributed by atoms with Crippen molar-refractivity contribution >= 4 is 5.91 Å². The van der Waals surface area contributed by atoms with Crippen LogP contribution < -0.4 is 5.32 Å². The third-order valence-corrected chi connectivity index (χ3v) is 5.45. The van der Waals surface area contributed by atoms with Gasteiger partial charge < -0.3 is 5.32 Å². The first-order valence-corrected chi connectivity index (χ1v) is 9.83. The number of piperidine rings is 1. The Morgan fingerprint density at radius 3 is 2.20 bits per heavy atom. The number of amides is 1. The average Bonchev–Trinajstić information content (AvgIpc) is 2.55. The summed E-state index contributed by atoms with van der Waals surface area (Å²) in [6.07, 6.45) is 2.97. The quantitative estimate of drug-likeness (QED) is 0.862. The van der Waals surface area contributed by atoms with Crippen molar-refractivity contribution in [2.45, 2.75) is 72.8 Å². The number of carbonyl (C=O) groups excluding carboxylic acids is 1. The lowest BCUT2D eigenvalue weighted by Gasteiger charge is -2.32. The molecule has 140 valence electrons. The van der Waals surface area contributed by atoms with Crippen LogP contribution in [0.4, 0.5) is 0 Å². The zero-order valence-corrected chi connectivity index (χ0v) is 17.0. The molecule has 1 fully saturated rings. The number of benzene rings is 1. The first-order chi connectivity index (χ1) is 11.7. The van der Waals surface area contributed by atoms with Crippen molar-refractivity contribution in [3.8, 4) is 0 Å². The van der Waals surface area contributed by atoms with Crippen molar-refractivity contribution < 1.29 is 4.79 Å². The summed E-state index contributed by atoms with van der Waals surface area (Å²) in [4.78, 5) is 14.6. The largest absolute Gasteiger partial charge is 0.356 e. The minimum absolute atomic E-state index is 0.193. The number of rotatable bonds is 5. The third-order valence-electron chi connectivity index (χ3n) is 5.45. The summed E-state index contributed by atoms with van der Waals surface area (Å²) in [7, 11) is 0. The number of nitrogens with one attached hydrogen (secondary N) is 1. The molecule has 1 aliphatic rings. The molecule has 1 heterocycles. The van der Waals surface area contributed by atoms with Gasteiger partial charge in [-0.25, -0.2) is 0 Å². The minimum atomic E-state index is 0.193. The summed E-state index contributed by atoms with van der Waals surface area (Å²) in [5.74, 6) is 0.455. The molecule has 0 spiro atoms. The number of aryl methyl sites for hydroxylation is 2. The van der Waals surface area contributed by atoms with E-state index in [9.17, 15) is 4.79 Å². The van der Waals surface area contributed by atoms with Crippen molar-refractivity contribution in [2.24, 2.45) is 5.92 Å². The van der Waals surface area contributed by atoms with Crippen LogP contribution in [0.25, 0.3) is 0 Å². The highest BCUT2D eigenvalue weighted by Gasteiger charge is 2.25. The van der Waals surface area contributed by atoms with Gasteiger partial charge in [-0.05, 0) is 73.9 Å². The second kappa shape index (κ2) is 8.35. The van der Waals surface area contributed by atoms with Crippen molar-refractivity contribution in [2.75, 3.05) is 19.6 Å². The molecule has 0 bridgehead atoms. The summed E-state index contributed by atoms with van der Waals surface area (Å²) in [5.41, 5.74) is 5.86. The number of hydrogen-bond acceptors (Lipinski definition) is 2. The van der Waals surface area contributed by atoms with Gasteiger partial charge in [-0.3, -0.25) is 9.69 Å². The molecule has 0 saturated carbocycles. The Morgan fingerprint density at radius 1 is 1.16 bits per heavy atom. The van der Waals surface area contributed by atoms with E-state index in [1.807, 2.05) is 0 Å². The lowest BCUT2D eigenvalue weighted by atomic mass is 9.83. The van der Waals surface area contributed by atoms with Crippen LogP contribution in [0, 0.1) is 19.8 Å². The maximum absolute atomic E-state index is 12.1. The predicted octanol–water partition coefficient (Wildman–Crippen LogP) is 4.34. The van der Waals surface area contributed by atoms with E-state index >= 15 is 0 Å². The van der Waals surface area contributed by atoms with Crippen LogP contribution in [0.15, 0.2) is 12.1 Å². The van der Waals surface area contributed by atoms with E-state index in [0.717, 1.165) is 45.4 Å². The third kappa shape index (κ3) is 5.31. The van der Waals surface area contributed by atoms with E-state index in [4.69, 9.17) is 0 Å². The first kappa shape index (κ1) is 20.0. The molecule has 0 aromatic heterocycles. The van der Waals surface area contributed by atoms with Crippen LogP contribution in [0.5, 0.6) is 0 Å². The Balaban J connectivity index is 1.97. The number of nitrogens with zero attached hydrogens (tertiary/aromatic N) is 1. The lowest BCUT2D eigenvalue weighted by Crippen LogP contribution is -2.40. The highest BCUT2D eigenvalue weighted by atomic mass is 16.1. The molecular weight excluding hydrogens is 308 g/mol. The van der Waals surface area contributed by atoms with Gasteiger partial charge in [0.25, 0.3) is 0 Å². The number of carbonyl (C=O) groups is 1. The summed E-state index contributed by atoms with van der Waals surface area (Å²) < 4.78 is 0. The molecule has 1 amide bonds. The van der Waals surface area contributed by atoms with E-state index in [-0.39, 0.29) is 17.2 Å². The highest BCUT2D eigenvalue weighted by molar-refractivity contribution is 5.78. The van der Waals surface area contributed by atoms with Gasteiger partial charge in [0.1, 0.15) is 0 Å². The summed E-state index contributed by atoms with van der Waals surface area (Å²) in [6.45, 7) is 17.2. The zero-order chi connectivity index (χ0) is 18.6. The van der Waals surface area contributed by atoms with Crippen LogP contribution in [-0.4, -0.2) is 30.4 Å². The van der Waals surface area contributed by atoms with Gasteiger partial charge >= 0.3 is 0 Å². The van der Waals surface area contributed by atoms with Crippen LogP contribution in [0.1, 0.15) is 69.2 Å². The normalized spacial score (nSPS) is 16.9. The number of likely N-dealkylation sites (tertiary alicyclic amines) is 1. The smallest absolute Gasteiger partial charge is 0.223 e. The summed E-state index contributed by atoms with van der Waals surface area (Å²) >= 11 is 0. The molecule has 1 saturated heterocycles. The lowest BCUT2D eigenvalue weighted by molar-refractivity contribution is -0.126. The molecule has 3 nitrogen and oxygen atoms in total. The Bertz CT molecular complexity index is 570. The second-order valence-corrected chi connectivity index (χ2v) is 8.68. The molecule has 2 rings (SSSR count). The van der Waals surface area contributed by atoms with E-state index in [0.29, 0.717) is 0 Å². The maximum Gasteiger partial charge on any atom is 0.223 e. The van der Waals surface area contributed by atoms with Crippen LogP contribution in [-0.2, 0) is 16.8 Å². The Labute approximate surface area is 154 Å². The molecule has 1 aromatic rings. The highest BCUT2D eigenvalue weighted by Crippen LogP contribution is 2.28. The molecule has 3 heteroatoms. The van der Waals surface area contributed by atoms with E-state index in [1.54, 1.807) is 0 Å². The fourth-order valence-corrected chi connectivity index (χ4v) is 3.65. The molecule has 1 aromatic carbocycles. The molecule has 0 radical (unpaired) electrons. The van der Waals surface area contributed by atoms with Crippen molar-refractivity contribution in [3.05, 3.63) is 34.4 Å². The fraction of sp³-hybridized carbons (Fsp3) is 0.682. The molecule has 1 N–H and O–H groups in total. The van der Waals surface area contributed by atoms with Crippen molar-refractivity contribution in [1.82, 2.24) is 10.2 Å². The molecule has 0 atom stereocenters. The topological polar surface area (TPSA) is 32.3 Å². The Morgan fingerprint density at radius 2 is 1.72 bits per heavy atom. The zero-order valence-electron chi connectivity index (χ0n) is 17.0. The maximum atomic E-state index is 12.1. The van der Waals surface area contributed by atoms with Gasteiger partial charge in [0, 0.05) is 19.0 Å². The molecule has 0 aliphatic carbocycles. The van der Waals surface area contributed by atoms with Gasteiger partial charge in [-0.1, -0.05) is 39.8 Å². The predicted molar refractivity (Wildman–Crippen MR) is 106 cm³/mol. The SMILES string of the molecule is CCCNC(=O)C1CCN(Cc2c(C)cc(C(C)(C)C)cc2C)CC1. The van der Waals surface area contributed by atoms with E-state index in [1.165, 1.54) is 22.3 Å². The molecule has 25 heavy (non-hydrogen) atoms. The minimum Gasteiger partial charge on any atom is -0.356 e. The summed E-state index contributed by atoms with van der Waals surface area (Å²) in [6, 6.07) is 4.71. The second-order valence-electron chi connectivity index (χ2n) is 8.68. The first-order valence-electron chi connectivity index (χ1n) is 9.83. The van der Waals surface area contributed by atoms with Gasteiger partial charge in [-0.2, -0.15) is 0 Å². The van der Waals surface area contributed by atoms with Gasteiger partial charge in [0.05, 0.1) is 0 Å². The fourth-order valence-electron chi connectivity index (χ4n) is 3.65. The van der Waals surface area contributed by atoms with Crippen LogP contribution in [0.2, 0.25) is 0 Å². The molecule has 0 unspecified atom stereocenters. The monoisotopic (exact) mass is 344 g/mol. The Kier molecular flexibility index (Phi) is 6.67. The standard InChI is InChI=1S/C22H36N2O/c1-7-10-23-21(25)18-8-11-24(12-9-18)15-20-16(2)13-19(14-17(20)3)22(4,5)6/h13-14,18H,7-12,15H2,1-6H3,(H,23,25). The van der Waals surface area contributed by atoms with Crippen LogP contribution >= 0.6 is 0 Å². The van der Waals surface area contributed by atoms with E-state index < -0.39 is 0 Å². The molecule has 1 aliphatic heterocycles. The van der Waals surface area contributed by atoms with Crippen LogP contribution in [0.3, 0.4) is 0 Å².